The highest BCUT2D eigenvalue weighted by Gasteiger charge is 2.16. The Labute approximate surface area is 151 Å². The van der Waals surface area contributed by atoms with E-state index in [4.69, 9.17) is 11.6 Å². The van der Waals surface area contributed by atoms with Crippen LogP contribution >= 0.6 is 11.6 Å². The number of pyridine rings is 1. The van der Waals surface area contributed by atoms with E-state index in [-0.39, 0.29) is 29.2 Å². The highest BCUT2D eigenvalue weighted by atomic mass is 35.5. The zero-order valence-electron chi connectivity index (χ0n) is 13.2. The average Bonchev–Trinajstić information content (AvgIpc) is 2.99. The molecule has 1 aromatic carbocycles. The van der Waals surface area contributed by atoms with Gasteiger partial charge in [0.05, 0.1) is 5.69 Å². The second-order valence-electron chi connectivity index (χ2n) is 5.42. The summed E-state index contributed by atoms with van der Waals surface area (Å²) in [6.07, 6.45) is 3.12. The minimum Gasteiger partial charge on any atom is -0.308 e. The number of nitrogens with zero attached hydrogens (tertiary/aromatic N) is 2. The molecule has 0 fully saturated rings. The zero-order valence-corrected chi connectivity index (χ0v) is 13.9. The summed E-state index contributed by atoms with van der Waals surface area (Å²) in [5.74, 6) is -4.44. The molecule has 2 heterocycles. The van der Waals surface area contributed by atoms with Crippen LogP contribution in [0, 0.1) is 17.5 Å². The van der Waals surface area contributed by atoms with Crippen LogP contribution in [0.5, 0.6) is 0 Å². The summed E-state index contributed by atoms with van der Waals surface area (Å²) in [6, 6.07) is 5.16. The van der Waals surface area contributed by atoms with E-state index in [1.807, 2.05) is 0 Å². The van der Waals surface area contributed by atoms with Gasteiger partial charge in [0, 0.05) is 24.4 Å². The third kappa shape index (κ3) is 3.85. The second kappa shape index (κ2) is 7.57. The number of hydrogen-bond acceptors (Lipinski definition) is 3. The van der Waals surface area contributed by atoms with E-state index in [0.717, 1.165) is 17.7 Å². The standard InChI is InChI=1S/C17H12ClF3N4O/c18-14-16(10-3-5-22-6-4-10)24-25-17(14)23-13(26)2-1-9-7-11(19)15(21)12(20)8-9/h3-8H,1-2H2,(H2,23,24,25,26). The molecule has 2 aromatic heterocycles. The lowest BCUT2D eigenvalue weighted by atomic mass is 10.1. The molecule has 26 heavy (non-hydrogen) atoms. The number of nitrogens with one attached hydrogen (secondary N) is 2. The summed E-state index contributed by atoms with van der Waals surface area (Å²) in [4.78, 5) is 15.9. The number of H-pyrrole nitrogens is 1. The van der Waals surface area contributed by atoms with Gasteiger partial charge in [0.1, 0.15) is 5.02 Å². The molecule has 0 unspecified atom stereocenters. The Morgan fingerprint density at radius 3 is 2.46 bits per heavy atom. The summed E-state index contributed by atoms with van der Waals surface area (Å²) in [7, 11) is 0. The maximum absolute atomic E-state index is 13.2. The van der Waals surface area contributed by atoms with Gasteiger partial charge in [0.15, 0.2) is 23.3 Å². The minimum atomic E-state index is -1.54. The molecule has 0 atom stereocenters. The van der Waals surface area contributed by atoms with Gasteiger partial charge in [-0.25, -0.2) is 13.2 Å². The van der Waals surface area contributed by atoms with Crippen LogP contribution in [0.1, 0.15) is 12.0 Å². The topological polar surface area (TPSA) is 70.7 Å². The van der Waals surface area contributed by atoms with E-state index in [1.165, 1.54) is 0 Å². The van der Waals surface area contributed by atoms with Gasteiger partial charge in [-0.1, -0.05) is 11.6 Å². The Morgan fingerprint density at radius 2 is 1.81 bits per heavy atom. The van der Waals surface area contributed by atoms with Crippen LogP contribution in [0.3, 0.4) is 0 Å². The Hall–Kier alpha value is -2.87. The first-order valence-electron chi connectivity index (χ1n) is 7.53. The number of aryl methyl sites for hydroxylation is 1. The van der Waals surface area contributed by atoms with E-state index in [1.54, 1.807) is 24.5 Å². The largest absolute Gasteiger partial charge is 0.308 e. The van der Waals surface area contributed by atoms with Gasteiger partial charge in [-0.2, -0.15) is 5.10 Å². The van der Waals surface area contributed by atoms with Crippen molar-refractivity contribution in [3.05, 3.63) is 64.7 Å². The predicted molar refractivity (Wildman–Crippen MR) is 90.1 cm³/mol. The quantitative estimate of drug-likeness (QED) is 0.654. The first-order chi connectivity index (χ1) is 12.5. The number of aromatic amines is 1. The Morgan fingerprint density at radius 1 is 1.15 bits per heavy atom. The fourth-order valence-corrected chi connectivity index (χ4v) is 2.57. The number of carbonyl (C=O) groups is 1. The lowest BCUT2D eigenvalue weighted by Crippen LogP contribution is -2.13. The van der Waals surface area contributed by atoms with Gasteiger partial charge < -0.3 is 5.32 Å². The molecule has 0 saturated carbocycles. The normalized spacial score (nSPS) is 10.8. The number of rotatable bonds is 5. The minimum absolute atomic E-state index is 0.0270. The van der Waals surface area contributed by atoms with Gasteiger partial charge in [-0.15, -0.1) is 0 Å². The molecule has 3 rings (SSSR count). The van der Waals surface area contributed by atoms with Crippen molar-refractivity contribution in [2.24, 2.45) is 0 Å². The fourth-order valence-electron chi connectivity index (χ4n) is 2.33. The van der Waals surface area contributed by atoms with Crippen molar-refractivity contribution in [2.75, 3.05) is 5.32 Å². The molecule has 0 aliphatic rings. The van der Waals surface area contributed by atoms with Crippen molar-refractivity contribution < 1.29 is 18.0 Å². The van der Waals surface area contributed by atoms with Gasteiger partial charge in [0.25, 0.3) is 0 Å². The van der Waals surface area contributed by atoms with Crippen molar-refractivity contribution >= 4 is 23.3 Å². The summed E-state index contributed by atoms with van der Waals surface area (Å²) in [5.41, 5.74) is 1.43. The van der Waals surface area contributed by atoms with Crippen molar-refractivity contribution in [3.8, 4) is 11.3 Å². The lowest BCUT2D eigenvalue weighted by molar-refractivity contribution is -0.116. The molecular weight excluding hydrogens is 369 g/mol. The number of halogens is 4. The SMILES string of the molecule is O=C(CCc1cc(F)c(F)c(F)c1)Nc1n[nH]c(-c2ccncc2)c1Cl. The summed E-state index contributed by atoms with van der Waals surface area (Å²) in [5, 5.41) is 9.42. The number of aromatic nitrogens is 3. The Kier molecular flexibility index (Phi) is 5.22. The van der Waals surface area contributed by atoms with Crippen molar-refractivity contribution in [1.29, 1.82) is 0 Å². The molecule has 0 bridgehead atoms. The molecule has 9 heteroatoms. The molecule has 0 aliphatic carbocycles. The summed E-state index contributed by atoms with van der Waals surface area (Å²) in [6.45, 7) is 0. The Balaban J connectivity index is 1.65. The zero-order chi connectivity index (χ0) is 18.7. The van der Waals surface area contributed by atoms with Crippen LogP contribution in [0.15, 0.2) is 36.7 Å². The van der Waals surface area contributed by atoms with E-state index in [9.17, 15) is 18.0 Å². The van der Waals surface area contributed by atoms with Crippen LogP contribution in [-0.4, -0.2) is 21.1 Å². The molecule has 0 radical (unpaired) electrons. The first-order valence-corrected chi connectivity index (χ1v) is 7.91. The van der Waals surface area contributed by atoms with Crippen LogP contribution < -0.4 is 5.32 Å². The van der Waals surface area contributed by atoms with Crippen LogP contribution in [0.4, 0.5) is 19.0 Å². The maximum Gasteiger partial charge on any atom is 0.225 e. The highest BCUT2D eigenvalue weighted by Crippen LogP contribution is 2.31. The van der Waals surface area contributed by atoms with Gasteiger partial charge >= 0.3 is 0 Å². The van der Waals surface area contributed by atoms with Gasteiger partial charge in [0.2, 0.25) is 5.91 Å². The Bertz CT molecular complexity index is 923. The lowest BCUT2D eigenvalue weighted by Gasteiger charge is -2.05. The monoisotopic (exact) mass is 380 g/mol. The molecular formula is C17H12ClF3N4O. The van der Waals surface area contributed by atoms with Crippen LogP contribution in [0.25, 0.3) is 11.3 Å². The highest BCUT2D eigenvalue weighted by molar-refractivity contribution is 6.35. The summed E-state index contributed by atoms with van der Waals surface area (Å²) >= 11 is 6.21. The molecule has 0 saturated heterocycles. The van der Waals surface area contributed by atoms with Gasteiger partial charge in [-0.3, -0.25) is 14.9 Å². The number of anilines is 1. The maximum atomic E-state index is 13.2. The number of carbonyl (C=O) groups excluding carboxylic acids is 1. The molecule has 5 nitrogen and oxygen atoms in total. The smallest absolute Gasteiger partial charge is 0.225 e. The fraction of sp³-hybridized carbons (Fsp3) is 0.118. The van der Waals surface area contributed by atoms with Crippen molar-refractivity contribution in [3.63, 3.8) is 0 Å². The third-order valence-electron chi connectivity index (χ3n) is 3.62. The van der Waals surface area contributed by atoms with E-state index in [2.05, 4.69) is 20.5 Å². The predicted octanol–water partition coefficient (Wildman–Crippen LogP) is 4.11. The molecule has 3 aromatic rings. The molecule has 1 amide bonds. The summed E-state index contributed by atoms with van der Waals surface area (Å²) < 4.78 is 39.3. The van der Waals surface area contributed by atoms with Crippen molar-refractivity contribution in [2.45, 2.75) is 12.8 Å². The van der Waals surface area contributed by atoms with E-state index >= 15 is 0 Å². The second-order valence-corrected chi connectivity index (χ2v) is 5.80. The first kappa shape index (κ1) is 17.9. The van der Waals surface area contributed by atoms with Crippen molar-refractivity contribution in [1.82, 2.24) is 15.2 Å². The number of amides is 1. The van der Waals surface area contributed by atoms with Crippen LogP contribution in [-0.2, 0) is 11.2 Å². The molecule has 0 spiro atoms. The molecule has 2 N–H and O–H groups in total. The molecule has 134 valence electrons. The van der Waals surface area contributed by atoms with E-state index in [0.29, 0.717) is 5.69 Å². The average molecular weight is 381 g/mol. The number of benzene rings is 1. The number of hydrogen-bond donors (Lipinski definition) is 2. The van der Waals surface area contributed by atoms with E-state index < -0.39 is 23.4 Å². The third-order valence-corrected chi connectivity index (χ3v) is 3.99. The molecule has 0 aliphatic heterocycles. The van der Waals surface area contributed by atoms with Crippen LogP contribution in [0.2, 0.25) is 5.02 Å². The van der Waals surface area contributed by atoms with Gasteiger partial charge in [-0.05, 0) is 36.2 Å².